The Labute approximate surface area is 71.3 Å². The van der Waals surface area contributed by atoms with Gasteiger partial charge in [0.05, 0.1) is 13.1 Å². The Morgan fingerprint density at radius 2 is 1.36 bits per heavy atom. The second-order valence-corrected chi connectivity index (χ2v) is 3.38. The van der Waals surface area contributed by atoms with Gasteiger partial charge >= 0.3 is 10.5 Å². The van der Waals surface area contributed by atoms with Crippen LogP contribution >= 0.6 is 24.2 Å². The minimum Gasteiger partial charge on any atom is -0.304 e. The van der Waals surface area contributed by atoms with Crippen LogP contribution in [0.4, 0.5) is 17.6 Å². The maximum atomic E-state index is 12.1. The molecule has 1 aliphatic rings. The predicted octanol–water partition coefficient (Wildman–Crippen LogP) is 1.93. The van der Waals surface area contributed by atoms with Crippen LogP contribution < -0.4 is 5.32 Å². The van der Waals surface area contributed by atoms with Crippen LogP contribution in [0.15, 0.2) is 0 Å². The highest BCUT2D eigenvalue weighted by Gasteiger charge is 2.47. The molecule has 1 fully saturated rings. The molecule has 1 N–H and O–H groups in total. The third-order valence-electron chi connectivity index (χ3n) is 0.960. The molecule has 1 heterocycles. The quantitative estimate of drug-likeness (QED) is 0.615. The molecule has 0 aliphatic carbocycles. The van der Waals surface area contributed by atoms with Gasteiger partial charge in [-0.3, -0.25) is 0 Å². The van der Waals surface area contributed by atoms with Crippen molar-refractivity contribution in [2.75, 3.05) is 13.1 Å². The van der Waals surface area contributed by atoms with Gasteiger partial charge in [0.2, 0.25) is 0 Å². The number of rotatable bonds is 0. The summed E-state index contributed by atoms with van der Waals surface area (Å²) in [4.78, 5) is 0. The van der Waals surface area contributed by atoms with Crippen molar-refractivity contribution in [1.82, 2.24) is 5.32 Å². The van der Waals surface area contributed by atoms with E-state index in [0.29, 0.717) is 0 Å². The van der Waals surface area contributed by atoms with Gasteiger partial charge in [-0.05, 0) is 11.8 Å². The molecule has 68 valence electrons. The Morgan fingerprint density at radius 3 is 1.55 bits per heavy atom. The minimum absolute atomic E-state index is 0. The summed E-state index contributed by atoms with van der Waals surface area (Å²) < 4.78 is 48.5. The molecule has 0 unspecified atom stereocenters. The smallest absolute Gasteiger partial charge is 0.304 e. The zero-order valence-corrected chi connectivity index (χ0v) is 6.88. The summed E-state index contributed by atoms with van der Waals surface area (Å²) in [5.74, 6) is 0. The molecule has 0 bridgehead atoms. The fraction of sp³-hybridized carbons (Fsp3) is 1.00. The molecule has 0 spiro atoms. The molecule has 0 radical (unpaired) electrons. The van der Waals surface area contributed by atoms with E-state index in [1.165, 1.54) is 0 Å². The molecule has 0 atom stereocenters. The molecule has 0 aromatic carbocycles. The Balaban J connectivity index is 0.000001000. The zero-order valence-electron chi connectivity index (χ0n) is 5.24. The van der Waals surface area contributed by atoms with Gasteiger partial charge in [-0.2, -0.15) is 17.6 Å². The number of hydrogen-bond donors (Lipinski definition) is 1. The van der Waals surface area contributed by atoms with Crippen LogP contribution in [0.2, 0.25) is 0 Å². The van der Waals surface area contributed by atoms with E-state index in [9.17, 15) is 17.6 Å². The standard InChI is InChI=1S/C4H5F4NS.ClH/c5-3(6)1-9-2-4(7,8)10-3;/h9H,1-2H2;1H. The summed E-state index contributed by atoms with van der Waals surface area (Å²) >= 11 is -0.583. The lowest BCUT2D eigenvalue weighted by molar-refractivity contribution is 0.0389. The van der Waals surface area contributed by atoms with Crippen LogP contribution in [0.25, 0.3) is 0 Å². The summed E-state index contributed by atoms with van der Waals surface area (Å²) in [5.41, 5.74) is 0. The number of alkyl halides is 4. The van der Waals surface area contributed by atoms with Crippen molar-refractivity contribution in [2.45, 2.75) is 10.5 Å². The van der Waals surface area contributed by atoms with Gasteiger partial charge in [-0.25, -0.2) is 0 Å². The Morgan fingerprint density at radius 1 is 1.00 bits per heavy atom. The Kier molecular flexibility index (Phi) is 3.46. The van der Waals surface area contributed by atoms with Crippen molar-refractivity contribution in [3.05, 3.63) is 0 Å². The average molecular weight is 212 g/mol. The van der Waals surface area contributed by atoms with E-state index >= 15 is 0 Å². The molecule has 1 saturated heterocycles. The van der Waals surface area contributed by atoms with Gasteiger partial charge in [0.25, 0.3) is 0 Å². The molecule has 7 heteroatoms. The van der Waals surface area contributed by atoms with Crippen molar-refractivity contribution in [1.29, 1.82) is 0 Å². The van der Waals surface area contributed by atoms with E-state index in [0.717, 1.165) is 0 Å². The lowest BCUT2D eigenvalue weighted by Crippen LogP contribution is -2.45. The summed E-state index contributed by atoms with van der Waals surface area (Å²) in [6.45, 7) is -1.35. The van der Waals surface area contributed by atoms with Crippen LogP contribution in [0.5, 0.6) is 0 Å². The van der Waals surface area contributed by atoms with E-state index < -0.39 is 35.4 Å². The van der Waals surface area contributed by atoms with E-state index in [1.807, 2.05) is 5.32 Å². The van der Waals surface area contributed by atoms with Crippen LogP contribution in [0, 0.1) is 0 Å². The number of nitrogens with one attached hydrogen (secondary N) is 1. The zero-order chi connectivity index (χ0) is 7.83. The fourth-order valence-corrected chi connectivity index (χ4v) is 1.43. The van der Waals surface area contributed by atoms with Crippen molar-refractivity contribution < 1.29 is 17.6 Å². The lowest BCUT2D eigenvalue weighted by atomic mass is 10.6. The molecule has 0 saturated carbocycles. The second-order valence-electron chi connectivity index (χ2n) is 1.98. The number of halogens is 5. The van der Waals surface area contributed by atoms with Crippen LogP contribution in [-0.4, -0.2) is 23.6 Å². The summed E-state index contributed by atoms with van der Waals surface area (Å²) in [5, 5.41) is -4.72. The molecule has 11 heavy (non-hydrogen) atoms. The fourth-order valence-electron chi connectivity index (χ4n) is 0.644. The highest BCUT2D eigenvalue weighted by Crippen LogP contribution is 2.43. The van der Waals surface area contributed by atoms with Gasteiger partial charge in [-0.1, -0.05) is 0 Å². The number of hydrogen-bond acceptors (Lipinski definition) is 2. The molecule has 0 amide bonds. The number of thioether (sulfide) groups is 1. The lowest BCUT2D eigenvalue weighted by Gasteiger charge is -2.28. The molecular weight excluding hydrogens is 206 g/mol. The SMILES string of the molecule is Cl.FC1(F)CNCC(F)(F)S1. The van der Waals surface area contributed by atoms with Crippen LogP contribution in [-0.2, 0) is 0 Å². The summed E-state index contributed by atoms with van der Waals surface area (Å²) in [6.07, 6.45) is 0. The maximum Gasteiger partial charge on any atom is 0.311 e. The van der Waals surface area contributed by atoms with Crippen molar-refractivity contribution in [2.24, 2.45) is 0 Å². The van der Waals surface area contributed by atoms with Crippen molar-refractivity contribution in [3.63, 3.8) is 0 Å². The molecule has 1 aliphatic heterocycles. The highest BCUT2D eigenvalue weighted by molar-refractivity contribution is 8.01. The Bertz CT molecular complexity index is 128. The predicted molar refractivity (Wildman–Crippen MR) is 37.6 cm³/mol. The molecule has 1 nitrogen and oxygen atoms in total. The van der Waals surface area contributed by atoms with Crippen LogP contribution in [0.1, 0.15) is 0 Å². The van der Waals surface area contributed by atoms with Gasteiger partial charge in [0.15, 0.2) is 0 Å². The first kappa shape index (κ1) is 11.3. The van der Waals surface area contributed by atoms with Gasteiger partial charge in [0.1, 0.15) is 0 Å². The summed E-state index contributed by atoms with van der Waals surface area (Å²) in [6, 6.07) is 0. The third kappa shape index (κ3) is 3.48. The average Bonchev–Trinajstić information content (AvgIpc) is 1.56. The van der Waals surface area contributed by atoms with Crippen molar-refractivity contribution in [3.8, 4) is 0 Å². The highest BCUT2D eigenvalue weighted by atomic mass is 35.5. The van der Waals surface area contributed by atoms with E-state index in [2.05, 4.69) is 0 Å². The first-order chi connectivity index (χ1) is 4.41. The van der Waals surface area contributed by atoms with E-state index in [4.69, 9.17) is 0 Å². The van der Waals surface area contributed by atoms with Crippen molar-refractivity contribution >= 4 is 24.2 Å². The largest absolute Gasteiger partial charge is 0.311 e. The maximum absolute atomic E-state index is 12.1. The first-order valence-electron chi connectivity index (χ1n) is 2.58. The monoisotopic (exact) mass is 211 g/mol. The Hall–Kier alpha value is 0.320. The second kappa shape index (κ2) is 3.37. The van der Waals surface area contributed by atoms with Gasteiger partial charge in [-0.15, -0.1) is 12.4 Å². The molecule has 1 rings (SSSR count). The molecular formula is C4H6ClF4NS. The van der Waals surface area contributed by atoms with Crippen LogP contribution in [0.3, 0.4) is 0 Å². The normalized spacial score (nSPS) is 27.3. The minimum atomic E-state index is -3.33. The first-order valence-corrected chi connectivity index (χ1v) is 3.39. The van der Waals surface area contributed by atoms with Gasteiger partial charge < -0.3 is 5.32 Å². The van der Waals surface area contributed by atoms with Gasteiger partial charge in [0, 0.05) is 0 Å². The summed E-state index contributed by atoms with van der Waals surface area (Å²) in [7, 11) is 0. The molecule has 0 aromatic rings. The van der Waals surface area contributed by atoms with E-state index in [-0.39, 0.29) is 12.4 Å². The molecule has 0 aromatic heterocycles. The third-order valence-corrected chi connectivity index (χ3v) is 1.85. The van der Waals surface area contributed by atoms with E-state index in [1.54, 1.807) is 0 Å². The topological polar surface area (TPSA) is 12.0 Å².